The lowest BCUT2D eigenvalue weighted by atomic mass is 9.93. The highest BCUT2D eigenvalue weighted by atomic mass is 16.2. The minimum absolute atomic E-state index is 0.329. The number of rotatable bonds is 9. The monoisotopic (exact) mass is 427 g/mol. The molecule has 32 heavy (non-hydrogen) atoms. The summed E-state index contributed by atoms with van der Waals surface area (Å²) < 4.78 is 0. The maximum absolute atomic E-state index is 13.0. The van der Waals surface area contributed by atoms with Crippen molar-refractivity contribution in [1.29, 1.82) is 0 Å². The van der Waals surface area contributed by atoms with Gasteiger partial charge in [0.05, 0.1) is 16.8 Å². The zero-order valence-corrected chi connectivity index (χ0v) is 18.8. The second-order valence-corrected chi connectivity index (χ2v) is 8.40. The van der Waals surface area contributed by atoms with Crippen molar-refractivity contribution in [3.63, 3.8) is 0 Å². The normalized spacial score (nSPS) is 13.1. The van der Waals surface area contributed by atoms with Gasteiger partial charge in [0, 0.05) is 19.2 Å². The molecule has 3 rings (SSSR count). The summed E-state index contributed by atoms with van der Waals surface area (Å²) in [4.78, 5) is 31.4. The number of hydrogen-bond acceptors (Lipinski definition) is 4. The van der Waals surface area contributed by atoms with Crippen molar-refractivity contribution in [1.82, 2.24) is 15.2 Å². The van der Waals surface area contributed by atoms with Gasteiger partial charge in [0.2, 0.25) is 0 Å². The van der Waals surface area contributed by atoms with E-state index in [-0.39, 0.29) is 5.91 Å². The van der Waals surface area contributed by atoms with Crippen LogP contribution in [-0.4, -0.2) is 41.7 Å². The van der Waals surface area contributed by atoms with E-state index in [1.54, 1.807) is 25.3 Å². The number of amides is 1. The smallest absolute Gasteiger partial charge is 0.254 e. The minimum atomic E-state index is -1.02. The van der Waals surface area contributed by atoms with Gasteiger partial charge in [-0.1, -0.05) is 60.7 Å². The Morgan fingerprint density at radius 1 is 0.969 bits per heavy atom. The van der Waals surface area contributed by atoms with Crippen molar-refractivity contribution in [2.75, 3.05) is 14.1 Å². The van der Waals surface area contributed by atoms with Crippen LogP contribution in [0.3, 0.4) is 0 Å². The fourth-order valence-electron chi connectivity index (χ4n) is 3.48. The SMILES string of the molecule is CN(C)Cc1ccc(/C=C/c2ncccc2C(=O)NC(C)(C=O)Cc2ccccc2)cc1. The first-order chi connectivity index (χ1) is 15.4. The third kappa shape index (κ3) is 6.46. The van der Waals surface area contributed by atoms with E-state index in [0.717, 1.165) is 24.0 Å². The van der Waals surface area contributed by atoms with Crippen molar-refractivity contribution < 1.29 is 9.59 Å². The number of nitrogens with zero attached hydrogens (tertiary/aromatic N) is 2. The Bertz CT molecular complexity index is 1080. The topological polar surface area (TPSA) is 62.3 Å². The summed E-state index contributed by atoms with van der Waals surface area (Å²) in [6.45, 7) is 2.61. The molecule has 0 radical (unpaired) electrons. The Kier molecular flexibility index (Phi) is 7.68. The summed E-state index contributed by atoms with van der Waals surface area (Å²) in [5.41, 5.74) is 3.19. The summed E-state index contributed by atoms with van der Waals surface area (Å²) in [5.74, 6) is -0.329. The van der Waals surface area contributed by atoms with E-state index >= 15 is 0 Å². The average Bonchev–Trinajstić information content (AvgIpc) is 2.79. The molecule has 0 aliphatic carbocycles. The van der Waals surface area contributed by atoms with E-state index < -0.39 is 5.54 Å². The standard InChI is InChI=1S/C27H29N3O2/c1-27(20-31,18-22-8-5-4-6-9-22)29-26(32)24-10-7-17-28-25(24)16-15-21-11-13-23(14-12-21)19-30(2)3/h4-17,20H,18-19H2,1-3H3,(H,29,32)/b16-15+. The van der Waals surface area contributed by atoms with Crippen LogP contribution >= 0.6 is 0 Å². The predicted molar refractivity (Wildman–Crippen MR) is 129 cm³/mol. The molecule has 1 aromatic heterocycles. The lowest BCUT2D eigenvalue weighted by Crippen LogP contribution is -2.49. The molecule has 5 nitrogen and oxygen atoms in total. The number of aldehydes is 1. The van der Waals surface area contributed by atoms with Crippen molar-refractivity contribution in [3.05, 3.63) is 101 Å². The molecular weight excluding hydrogens is 398 g/mol. The van der Waals surface area contributed by atoms with Crippen molar-refractivity contribution >= 4 is 24.3 Å². The maximum Gasteiger partial charge on any atom is 0.254 e. The number of carbonyl (C=O) groups is 2. The molecule has 1 N–H and O–H groups in total. The van der Waals surface area contributed by atoms with Crippen LogP contribution in [0.25, 0.3) is 12.2 Å². The summed E-state index contributed by atoms with van der Waals surface area (Å²) in [6.07, 6.45) is 6.61. The van der Waals surface area contributed by atoms with Crippen LogP contribution in [0.4, 0.5) is 0 Å². The summed E-state index contributed by atoms with van der Waals surface area (Å²) in [5, 5.41) is 2.89. The van der Waals surface area contributed by atoms with E-state index in [1.807, 2.05) is 68.7 Å². The largest absolute Gasteiger partial charge is 0.340 e. The maximum atomic E-state index is 13.0. The van der Waals surface area contributed by atoms with Gasteiger partial charge in [0.25, 0.3) is 5.91 Å². The van der Waals surface area contributed by atoms with Crippen molar-refractivity contribution in [3.8, 4) is 0 Å². The first-order valence-electron chi connectivity index (χ1n) is 10.6. The van der Waals surface area contributed by atoms with Crippen LogP contribution in [0.1, 0.15) is 39.7 Å². The molecule has 1 amide bonds. The van der Waals surface area contributed by atoms with Gasteiger partial charge in [-0.25, -0.2) is 0 Å². The van der Waals surface area contributed by atoms with Gasteiger partial charge in [-0.3, -0.25) is 9.78 Å². The van der Waals surface area contributed by atoms with Gasteiger partial charge in [-0.15, -0.1) is 0 Å². The van der Waals surface area contributed by atoms with E-state index in [9.17, 15) is 9.59 Å². The molecule has 0 bridgehead atoms. The summed E-state index contributed by atoms with van der Waals surface area (Å²) in [6, 6.07) is 21.3. The third-order valence-corrected chi connectivity index (χ3v) is 5.07. The van der Waals surface area contributed by atoms with Crippen LogP contribution in [0.15, 0.2) is 72.9 Å². The molecule has 0 aliphatic heterocycles. The lowest BCUT2D eigenvalue weighted by Gasteiger charge is -2.25. The van der Waals surface area contributed by atoms with Gasteiger partial charge < -0.3 is 15.0 Å². The van der Waals surface area contributed by atoms with E-state index in [4.69, 9.17) is 0 Å². The molecule has 1 heterocycles. The first kappa shape index (κ1) is 23.1. The number of aromatic nitrogens is 1. The van der Waals surface area contributed by atoms with Crippen LogP contribution in [-0.2, 0) is 17.8 Å². The Morgan fingerprint density at radius 3 is 2.34 bits per heavy atom. The van der Waals surface area contributed by atoms with Crippen LogP contribution < -0.4 is 5.32 Å². The fraction of sp³-hybridized carbons (Fsp3) is 0.222. The number of carbonyl (C=O) groups excluding carboxylic acids is 2. The van der Waals surface area contributed by atoms with Crippen molar-refractivity contribution in [2.45, 2.75) is 25.4 Å². The molecule has 0 saturated heterocycles. The highest BCUT2D eigenvalue weighted by Gasteiger charge is 2.27. The van der Waals surface area contributed by atoms with Crippen LogP contribution in [0, 0.1) is 0 Å². The highest BCUT2D eigenvalue weighted by molar-refractivity contribution is 5.99. The molecule has 2 aromatic carbocycles. The Balaban J connectivity index is 1.75. The second kappa shape index (κ2) is 10.6. The molecule has 0 spiro atoms. The quantitative estimate of drug-likeness (QED) is 0.519. The number of hydrogen-bond donors (Lipinski definition) is 1. The molecule has 0 saturated carbocycles. The minimum Gasteiger partial charge on any atom is -0.340 e. The van der Waals surface area contributed by atoms with Gasteiger partial charge in [-0.05, 0) is 55.9 Å². The number of benzene rings is 2. The molecule has 1 atom stereocenters. The molecular formula is C27H29N3O2. The molecule has 5 heteroatoms. The van der Waals surface area contributed by atoms with E-state index in [0.29, 0.717) is 17.7 Å². The molecule has 3 aromatic rings. The number of pyridine rings is 1. The third-order valence-electron chi connectivity index (χ3n) is 5.07. The average molecular weight is 428 g/mol. The second-order valence-electron chi connectivity index (χ2n) is 8.40. The Morgan fingerprint density at radius 2 is 1.69 bits per heavy atom. The molecule has 1 unspecified atom stereocenters. The van der Waals surface area contributed by atoms with E-state index in [2.05, 4.69) is 27.3 Å². The van der Waals surface area contributed by atoms with Crippen molar-refractivity contribution in [2.24, 2.45) is 0 Å². The van der Waals surface area contributed by atoms with Gasteiger partial charge in [0.15, 0.2) is 0 Å². The highest BCUT2D eigenvalue weighted by Crippen LogP contribution is 2.16. The van der Waals surface area contributed by atoms with Crippen LogP contribution in [0.2, 0.25) is 0 Å². The zero-order chi connectivity index (χ0) is 23.0. The first-order valence-corrected chi connectivity index (χ1v) is 10.6. The predicted octanol–water partition coefficient (Wildman–Crippen LogP) is 4.24. The molecule has 164 valence electrons. The van der Waals surface area contributed by atoms with Gasteiger partial charge in [-0.2, -0.15) is 0 Å². The number of nitrogens with one attached hydrogen (secondary N) is 1. The molecule has 0 aliphatic rings. The Labute approximate surface area is 189 Å². The summed E-state index contributed by atoms with van der Waals surface area (Å²) >= 11 is 0. The van der Waals surface area contributed by atoms with Gasteiger partial charge >= 0.3 is 0 Å². The van der Waals surface area contributed by atoms with E-state index in [1.165, 1.54) is 5.56 Å². The van der Waals surface area contributed by atoms with Gasteiger partial charge in [0.1, 0.15) is 6.29 Å². The Hall–Kier alpha value is -3.57. The zero-order valence-electron chi connectivity index (χ0n) is 18.8. The van der Waals surface area contributed by atoms with Crippen LogP contribution in [0.5, 0.6) is 0 Å². The molecule has 0 fully saturated rings. The summed E-state index contributed by atoms with van der Waals surface area (Å²) in [7, 11) is 4.08. The lowest BCUT2D eigenvalue weighted by molar-refractivity contribution is -0.112. The fourth-order valence-corrected chi connectivity index (χ4v) is 3.48.